The Morgan fingerprint density at radius 2 is 1.86 bits per heavy atom. The Morgan fingerprint density at radius 1 is 1.24 bits per heavy atom. The molecule has 1 unspecified atom stereocenters. The van der Waals surface area contributed by atoms with Crippen molar-refractivity contribution >= 4 is 5.91 Å². The van der Waals surface area contributed by atoms with Gasteiger partial charge in [-0.05, 0) is 49.1 Å². The second kappa shape index (κ2) is 5.76. The van der Waals surface area contributed by atoms with Gasteiger partial charge < -0.3 is 5.32 Å². The number of benzene rings is 1. The van der Waals surface area contributed by atoms with Crippen LogP contribution < -0.4 is 5.32 Å². The van der Waals surface area contributed by atoms with Crippen molar-refractivity contribution in [1.29, 1.82) is 0 Å². The fourth-order valence-corrected chi connectivity index (χ4v) is 2.20. The van der Waals surface area contributed by atoms with Crippen molar-refractivity contribution in [2.75, 3.05) is 0 Å². The molecule has 1 aromatic rings. The first kappa shape index (κ1) is 15.4. The molecule has 0 spiro atoms. The highest BCUT2D eigenvalue weighted by atomic mass is 19.4. The Hall–Kier alpha value is -2.04. The quantitative estimate of drug-likeness (QED) is 0.865. The molecule has 5 heteroatoms. The first-order valence-electron chi connectivity index (χ1n) is 6.65. The molecule has 1 aliphatic rings. The van der Waals surface area contributed by atoms with Crippen molar-refractivity contribution in [3.05, 3.63) is 58.8 Å². The minimum atomic E-state index is -4.39. The fourth-order valence-electron chi connectivity index (χ4n) is 2.20. The SMILES string of the molecule is CC1=CC(C)CC=C1NC(=O)c1ccc(C(F)(F)F)cc1. The zero-order valence-electron chi connectivity index (χ0n) is 11.8. The highest BCUT2D eigenvalue weighted by Crippen LogP contribution is 2.29. The van der Waals surface area contributed by atoms with Gasteiger partial charge in [-0.2, -0.15) is 13.2 Å². The van der Waals surface area contributed by atoms with Crippen molar-refractivity contribution in [2.24, 2.45) is 5.92 Å². The molecule has 21 heavy (non-hydrogen) atoms. The standard InChI is InChI=1S/C16H16F3NO/c1-10-3-8-14(11(2)9-10)20-15(21)12-4-6-13(7-5-12)16(17,18)19/h4-10H,3H2,1-2H3,(H,20,21). The van der Waals surface area contributed by atoms with Crippen LogP contribution in [0.3, 0.4) is 0 Å². The first-order chi connectivity index (χ1) is 9.77. The smallest absolute Gasteiger partial charge is 0.322 e. The van der Waals surface area contributed by atoms with Gasteiger partial charge in [-0.15, -0.1) is 0 Å². The van der Waals surface area contributed by atoms with Crippen LogP contribution in [0.1, 0.15) is 36.2 Å². The number of hydrogen-bond donors (Lipinski definition) is 1. The van der Waals surface area contributed by atoms with Gasteiger partial charge in [-0.1, -0.05) is 19.1 Å². The summed E-state index contributed by atoms with van der Waals surface area (Å²) >= 11 is 0. The van der Waals surface area contributed by atoms with Crippen LogP contribution in [-0.4, -0.2) is 5.91 Å². The molecule has 2 rings (SSSR count). The van der Waals surface area contributed by atoms with E-state index in [2.05, 4.69) is 18.3 Å². The average Bonchev–Trinajstić information content (AvgIpc) is 2.41. The molecule has 0 aromatic heterocycles. The summed E-state index contributed by atoms with van der Waals surface area (Å²) in [5.41, 5.74) is 1.13. The maximum absolute atomic E-state index is 12.5. The maximum atomic E-state index is 12.5. The van der Waals surface area contributed by atoms with Gasteiger partial charge in [-0.25, -0.2) is 0 Å². The molecule has 0 heterocycles. The van der Waals surface area contributed by atoms with E-state index in [9.17, 15) is 18.0 Å². The van der Waals surface area contributed by atoms with E-state index in [4.69, 9.17) is 0 Å². The second-order valence-electron chi connectivity index (χ2n) is 5.21. The Kier molecular flexibility index (Phi) is 4.21. The molecular weight excluding hydrogens is 279 g/mol. The predicted octanol–water partition coefficient (Wildman–Crippen LogP) is 4.31. The van der Waals surface area contributed by atoms with Gasteiger partial charge in [-0.3, -0.25) is 4.79 Å². The summed E-state index contributed by atoms with van der Waals surface area (Å²) in [6.45, 7) is 3.98. The third-order valence-electron chi connectivity index (χ3n) is 3.38. The van der Waals surface area contributed by atoms with E-state index >= 15 is 0 Å². The molecule has 1 atom stereocenters. The minimum absolute atomic E-state index is 0.204. The third-order valence-corrected chi connectivity index (χ3v) is 3.38. The van der Waals surface area contributed by atoms with Gasteiger partial charge in [0.1, 0.15) is 0 Å². The van der Waals surface area contributed by atoms with Gasteiger partial charge in [0.05, 0.1) is 5.56 Å². The molecule has 0 bridgehead atoms. The lowest BCUT2D eigenvalue weighted by atomic mass is 9.96. The molecule has 1 amide bonds. The van der Waals surface area contributed by atoms with Crippen LogP contribution in [0.25, 0.3) is 0 Å². The van der Waals surface area contributed by atoms with E-state index in [0.29, 0.717) is 5.92 Å². The number of carbonyl (C=O) groups excluding carboxylic acids is 1. The van der Waals surface area contributed by atoms with Crippen molar-refractivity contribution in [3.63, 3.8) is 0 Å². The summed E-state index contributed by atoms with van der Waals surface area (Å²) in [4.78, 5) is 12.0. The molecule has 0 radical (unpaired) electrons. The molecule has 0 aliphatic heterocycles. The summed E-state index contributed by atoms with van der Waals surface area (Å²) in [6.07, 6.45) is 0.431. The minimum Gasteiger partial charge on any atom is -0.322 e. The summed E-state index contributed by atoms with van der Waals surface area (Å²) in [5.74, 6) is 0.0222. The zero-order valence-corrected chi connectivity index (χ0v) is 11.8. The van der Waals surface area contributed by atoms with Gasteiger partial charge in [0.15, 0.2) is 0 Å². The van der Waals surface area contributed by atoms with Crippen LogP contribution >= 0.6 is 0 Å². The molecule has 1 aromatic carbocycles. The molecular formula is C16H16F3NO. The number of carbonyl (C=O) groups is 1. The lowest BCUT2D eigenvalue weighted by molar-refractivity contribution is -0.137. The van der Waals surface area contributed by atoms with E-state index in [1.165, 1.54) is 12.1 Å². The van der Waals surface area contributed by atoms with E-state index < -0.39 is 17.6 Å². The summed E-state index contributed by atoms with van der Waals surface area (Å²) < 4.78 is 37.4. The second-order valence-corrected chi connectivity index (χ2v) is 5.21. The van der Waals surface area contributed by atoms with Crippen LogP contribution in [0.5, 0.6) is 0 Å². The monoisotopic (exact) mass is 295 g/mol. The molecule has 0 fully saturated rings. The van der Waals surface area contributed by atoms with E-state index in [1.807, 2.05) is 13.0 Å². The van der Waals surface area contributed by atoms with Crippen LogP contribution in [-0.2, 0) is 6.18 Å². The van der Waals surface area contributed by atoms with Gasteiger partial charge in [0, 0.05) is 11.3 Å². The number of hydrogen-bond acceptors (Lipinski definition) is 1. The number of halogens is 3. The Balaban J connectivity index is 2.10. The van der Waals surface area contributed by atoms with Crippen molar-refractivity contribution in [3.8, 4) is 0 Å². The zero-order chi connectivity index (χ0) is 15.6. The molecule has 0 saturated carbocycles. The number of allylic oxidation sites excluding steroid dienone is 3. The summed E-state index contributed by atoms with van der Waals surface area (Å²) in [7, 11) is 0. The molecule has 1 N–H and O–H groups in total. The van der Waals surface area contributed by atoms with Gasteiger partial charge >= 0.3 is 6.18 Å². The van der Waals surface area contributed by atoms with Gasteiger partial charge in [0.2, 0.25) is 0 Å². The molecule has 1 aliphatic carbocycles. The number of rotatable bonds is 2. The topological polar surface area (TPSA) is 29.1 Å². The van der Waals surface area contributed by atoms with Crippen LogP contribution in [0, 0.1) is 5.92 Å². The molecule has 112 valence electrons. The lowest BCUT2D eigenvalue weighted by Gasteiger charge is -2.18. The maximum Gasteiger partial charge on any atom is 0.416 e. The van der Waals surface area contributed by atoms with Crippen molar-refractivity contribution in [2.45, 2.75) is 26.4 Å². The highest BCUT2D eigenvalue weighted by Gasteiger charge is 2.30. The van der Waals surface area contributed by atoms with Crippen LogP contribution in [0.4, 0.5) is 13.2 Å². The van der Waals surface area contributed by atoms with Crippen molar-refractivity contribution in [1.82, 2.24) is 5.32 Å². The largest absolute Gasteiger partial charge is 0.416 e. The van der Waals surface area contributed by atoms with Crippen LogP contribution in [0.15, 0.2) is 47.7 Å². The number of amides is 1. The summed E-state index contributed by atoms with van der Waals surface area (Å²) in [6, 6.07) is 4.19. The third kappa shape index (κ3) is 3.74. The lowest BCUT2D eigenvalue weighted by Crippen LogP contribution is -2.25. The average molecular weight is 295 g/mol. The van der Waals surface area contributed by atoms with E-state index in [0.717, 1.165) is 29.8 Å². The van der Waals surface area contributed by atoms with Crippen LogP contribution in [0.2, 0.25) is 0 Å². The number of alkyl halides is 3. The predicted molar refractivity (Wildman–Crippen MR) is 74.5 cm³/mol. The van der Waals surface area contributed by atoms with E-state index in [1.54, 1.807) is 0 Å². The fraction of sp³-hybridized carbons (Fsp3) is 0.312. The number of nitrogens with one attached hydrogen (secondary N) is 1. The summed E-state index contributed by atoms with van der Waals surface area (Å²) in [5, 5.41) is 2.74. The van der Waals surface area contributed by atoms with Crippen molar-refractivity contribution < 1.29 is 18.0 Å². The van der Waals surface area contributed by atoms with Gasteiger partial charge in [0.25, 0.3) is 5.91 Å². The first-order valence-corrected chi connectivity index (χ1v) is 6.65. The Morgan fingerprint density at radius 3 is 2.38 bits per heavy atom. The molecule has 2 nitrogen and oxygen atoms in total. The Bertz CT molecular complexity index is 597. The normalized spacial score (nSPS) is 18.8. The Labute approximate surface area is 121 Å². The highest BCUT2D eigenvalue weighted by molar-refractivity contribution is 5.95. The molecule has 0 saturated heterocycles. The van der Waals surface area contributed by atoms with E-state index in [-0.39, 0.29) is 5.56 Å².